The molecule has 0 aliphatic rings. The van der Waals surface area contributed by atoms with Gasteiger partial charge in [-0.25, -0.2) is 4.98 Å². The van der Waals surface area contributed by atoms with E-state index >= 15 is 0 Å². The lowest BCUT2D eigenvalue weighted by molar-refractivity contribution is -0.139. The van der Waals surface area contributed by atoms with Crippen molar-refractivity contribution in [1.82, 2.24) is 4.98 Å². The number of methoxy groups -OCH3 is 1. The molecule has 0 fully saturated rings. The van der Waals surface area contributed by atoms with Crippen LogP contribution in [0.3, 0.4) is 0 Å². The summed E-state index contributed by atoms with van der Waals surface area (Å²) in [4.78, 5) is 28.8. The number of carbonyl (C=O) groups is 2. The minimum absolute atomic E-state index is 0.119. The Morgan fingerprint density at radius 3 is 2.89 bits per heavy atom. The summed E-state index contributed by atoms with van der Waals surface area (Å²) in [6.45, 7) is 1.86. The van der Waals surface area contributed by atoms with Gasteiger partial charge < -0.3 is 4.74 Å². The average molecular weight is 296 g/mol. The van der Waals surface area contributed by atoms with E-state index in [1.807, 2.05) is 18.4 Å². The van der Waals surface area contributed by atoms with E-state index in [0.717, 1.165) is 4.88 Å². The molecule has 0 atom stereocenters. The fourth-order valence-corrected chi connectivity index (χ4v) is 2.87. The molecule has 2 aromatic heterocycles. The number of ether oxygens (including phenoxy) is 1. The second-order valence-electron chi connectivity index (χ2n) is 3.71. The summed E-state index contributed by atoms with van der Waals surface area (Å²) in [7, 11) is 1.34. The molecular weight excluding hydrogens is 284 g/mol. The number of hydrogen-bond donors (Lipinski definition) is 1. The summed E-state index contributed by atoms with van der Waals surface area (Å²) < 4.78 is 4.60. The van der Waals surface area contributed by atoms with E-state index < -0.39 is 0 Å². The maximum Gasteiger partial charge on any atom is 0.311 e. The standard InChI is InChI=1S/C12H12N2O3S2/c1-7-8(6-10(15)17-2)13-12(19-7)14-11(16)9-4-3-5-18-9/h3-5H,6H2,1-2H3,(H,13,14,16). The lowest BCUT2D eigenvalue weighted by Gasteiger charge is -1.98. The highest BCUT2D eigenvalue weighted by atomic mass is 32.1. The van der Waals surface area contributed by atoms with Gasteiger partial charge in [0.2, 0.25) is 0 Å². The van der Waals surface area contributed by atoms with E-state index in [-0.39, 0.29) is 18.3 Å². The molecule has 1 N–H and O–H groups in total. The van der Waals surface area contributed by atoms with E-state index in [0.29, 0.717) is 15.7 Å². The van der Waals surface area contributed by atoms with Crippen molar-refractivity contribution in [2.45, 2.75) is 13.3 Å². The maximum absolute atomic E-state index is 11.8. The van der Waals surface area contributed by atoms with Crippen LogP contribution in [0, 0.1) is 6.92 Å². The topological polar surface area (TPSA) is 68.3 Å². The molecule has 0 radical (unpaired) electrons. The lowest BCUT2D eigenvalue weighted by Crippen LogP contribution is -2.10. The fraction of sp³-hybridized carbons (Fsp3) is 0.250. The number of anilines is 1. The van der Waals surface area contributed by atoms with Gasteiger partial charge in [-0.3, -0.25) is 14.9 Å². The number of amides is 1. The van der Waals surface area contributed by atoms with Gasteiger partial charge in [0.05, 0.1) is 24.1 Å². The van der Waals surface area contributed by atoms with Crippen molar-refractivity contribution in [2.75, 3.05) is 12.4 Å². The molecule has 0 unspecified atom stereocenters. The Hall–Kier alpha value is -1.73. The maximum atomic E-state index is 11.8. The van der Waals surface area contributed by atoms with Gasteiger partial charge in [0.15, 0.2) is 5.13 Å². The molecule has 2 heterocycles. The van der Waals surface area contributed by atoms with Crippen LogP contribution in [0.15, 0.2) is 17.5 Å². The number of aryl methyl sites for hydroxylation is 1. The number of thiophene rings is 1. The second kappa shape index (κ2) is 5.94. The van der Waals surface area contributed by atoms with Crippen LogP contribution in [0.2, 0.25) is 0 Å². The zero-order chi connectivity index (χ0) is 13.8. The van der Waals surface area contributed by atoms with Gasteiger partial charge in [-0.15, -0.1) is 22.7 Å². The molecule has 2 rings (SSSR count). The largest absolute Gasteiger partial charge is 0.469 e. The molecule has 0 aliphatic carbocycles. The van der Waals surface area contributed by atoms with E-state index in [1.165, 1.54) is 29.8 Å². The first-order chi connectivity index (χ1) is 9.10. The summed E-state index contributed by atoms with van der Waals surface area (Å²) in [5.74, 6) is -0.530. The van der Waals surface area contributed by atoms with Crippen LogP contribution in [-0.2, 0) is 16.0 Å². The number of nitrogens with zero attached hydrogens (tertiary/aromatic N) is 1. The molecule has 0 aromatic carbocycles. The Morgan fingerprint density at radius 2 is 2.26 bits per heavy atom. The molecule has 0 spiro atoms. The first-order valence-corrected chi connectivity index (χ1v) is 7.17. The smallest absolute Gasteiger partial charge is 0.311 e. The zero-order valence-corrected chi connectivity index (χ0v) is 12.1. The fourth-order valence-electron chi connectivity index (χ4n) is 1.42. The average Bonchev–Trinajstić information content (AvgIpc) is 3.00. The number of rotatable bonds is 4. The Labute approximate surface area is 118 Å². The third-order valence-electron chi connectivity index (χ3n) is 2.40. The van der Waals surface area contributed by atoms with Crippen LogP contribution in [0.4, 0.5) is 5.13 Å². The van der Waals surface area contributed by atoms with Crippen LogP contribution < -0.4 is 5.32 Å². The van der Waals surface area contributed by atoms with Gasteiger partial charge >= 0.3 is 5.97 Å². The second-order valence-corrected chi connectivity index (χ2v) is 5.86. The number of aromatic nitrogens is 1. The van der Waals surface area contributed by atoms with Crippen molar-refractivity contribution in [3.05, 3.63) is 33.0 Å². The highest BCUT2D eigenvalue weighted by molar-refractivity contribution is 7.16. The molecule has 100 valence electrons. The minimum Gasteiger partial charge on any atom is -0.469 e. The Kier molecular flexibility index (Phi) is 4.28. The third-order valence-corrected chi connectivity index (χ3v) is 4.19. The molecule has 0 saturated carbocycles. The summed E-state index contributed by atoms with van der Waals surface area (Å²) in [5, 5.41) is 5.06. The van der Waals surface area contributed by atoms with Gasteiger partial charge in [-0.2, -0.15) is 0 Å². The third kappa shape index (κ3) is 3.39. The molecule has 0 bridgehead atoms. The van der Waals surface area contributed by atoms with Crippen LogP contribution >= 0.6 is 22.7 Å². The van der Waals surface area contributed by atoms with Crippen molar-refractivity contribution in [3.63, 3.8) is 0 Å². The first kappa shape index (κ1) is 13.7. The molecule has 1 amide bonds. The normalized spacial score (nSPS) is 10.2. The van der Waals surface area contributed by atoms with Crippen molar-refractivity contribution in [3.8, 4) is 0 Å². The highest BCUT2D eigenvalue weighted by Gasteiger charge is 2.14. The molecule has 0 saturated heterocycles. The first-order valence-electron chi connectivity index (χ1n) is 5.48. The number of carbonyl (C=O) groups excluding carboxylic acids is 2. The molecule has 2 aromatic rings. The Balaban J connectivity index is 2.08. The zero-order valence-electron chi connectivity index (χ0n) is 10.4. The number of nitrogens with one attached hydrogen (secondary N) is 1. The van der Waals surface area contributed by atoms with E-state index in [2.05, 4.69) is 15.0 Å². The van der Waals surface area contributed by atoms with Gasteiger partial charge in [0.25, 0.3) is 5.91 Å². The monoisotopic (exact) mass is 296 g/mol. The number of esters is 1. The SMILES string of the molecule is COC(=O)Cc1nc(NC(=O)c2cccs2)sc1C. The molecular formula is C12H12N2O3S2. The molecule has 7 heteroatoms. The van der Waals surface area contributed by atoms with Crippen molar-refractivity contribution < 1.29 is 14.3 Å². The van der Waals surface area contributed by atoms with Gasteiger partial charge in [-0.05, 0) is 18.4 Å². The van der Waals surface area contributed by atoms with E-state index in [4.69, 9.17) is 0 Å². The summed E-state index contributed by atoms with van der Waals surface area (Å²) in [6.07, 6.45) is 0.119. The lowest BCUT2D eigenvalue weighted by atomic mass is 10.3. The van der Waals surface area contributed by atoms with Crippen LogP contribution in [0.1, 0.15) is 20.2 Å². The Morgan fingerprint density at radius 1 is 1.47 bits per heavy atom. The predicted molar refractivity (Wildman–Crippen MR) is 74.8 cm³/mol. The minimum atomic E-state index is -0.343. The van der Waals surface area contributed by atoms with Crippen LogP contribution in [0.25, 0.3) is 0 Å². The van der Waals surface area contributed by atoms with Gasteiger partial charge in [0.1, 0.15) is 0 Å². The van der Waals surface area contributed by atoms with Crippen LogP contribution in [-0.4, -0.2) is 24.0 Å². The van der Waals surface area contributed by atoms with E-state index in [9.17, 15) is 9.59 Å². The number of thiazole rings is 1. The van der Waals surface area contributed by atoms with E-state index in [1.54, 1.807) is 6.07 Å². The van der Waals surface area contributed by atoms with Crippen molar-refractivity contribution in [2.24, 2.45) is 0 Å². The molecule has 0 aliphatic heterocycles. The van der Waals surface area contributed by atoms with Crippen molar-refractivity contribution >= 4 is 39.7 Å². The van der Waals surface area contributed by atoms with Gasteiger partial charge in [-0.1, -0.05) is 6.07 Å². The highest BCUT2D eigenvalue weighted by Crippen LogP contribution is 2.23. The van der Waals surface area contributed by atoms with Gasteiger partial charge in [0, 0.05) is 4.88 Å². The van der Waals surface area contributed by atoms with Crippen LogP contribution in [0.5, 0.6) is 0 Å². The Bertz CT molecular complexity index is 590. The molecule has 19 heavy (non-hydrogen) atoms. The summed E-state index contributed by atoms with van der Waals surface area (Å²) >= 11 is 2.71. The molecule has 5 nitrogen and oxygen atoms in total. The number of hydrogen-bond acceptors (Lipinski definition) is 6. The quantitative estimate of drug-likeness (QED) is 0.880. The van der Waals surface area contributed by atoms with Crippen molar-refractivity contribution in [1.29, 1.82) is 0 Å². The summed E-state index contributed by atoms with van der Waals surface area (Å²) in [5.41, 5.74) is 0.637. The summed E-state index contributed by atoms with van der Waals surface area (Å²) in [6, 6.07) is 3.56. The predicted octanol–water partition coefficient (Wildman–Crippen LogP) is 2.48.